The maximum absolute atomic E-state index is 5.60. The molecule has 7 heteroatoms. The SMILES string of the molecule is CC(C)OCCNc1nc(Cl)nc(Cl)n1. The monoisotopic (exact) mass is 250 g/mol. The Labute approximate surface area is 98.2 Å². The Hall–Kier alpha value is -0.650. The number of hydrogen-bond acceptors (Lipinski definition) is 5. The van der Waals surface area contributed by atoms with Gasteiger partial charge in [-0.2, -0.15) is 15.0 Å². The van der Waals surface area contributed by atoms with E-state index in [1.165, 1.54) is 0 Å². The zero-order valence-electron chi connectivity index (χ0n) is 8.50. The second kappa shape index (κ2) is 6.05. The normalized spacial score (nSPS) is 10.7. The molecule has 0 saturated carbocycles. The van der Waals surface area contributed by atoms with Crippen LogP contribution in [0.1, 0.15) is 13.8 Å². The Bertz CT molecular complexity index is 301. The molecule has 1 rings (SSSR count). The molecule has 0 aliphatic carbocycles. The van der Waals surface area contributed by atoms with Gasteiger partial charge < -0.3 is 10.1 Å². The summed E-state index contributed by atoms with van der Waals surface area (Å²) in [7, 11) is 0. The first-order valence-corrected chi connectivity index (χ1v) is 5.26. The number of halogens is 2. The quantitative estimate of drug-likeness (QED) is 0.811. The summed E-state index contributed by atoms with van der Waals surface area (Å²) in [4.78, 5) is 11.3. The van der Waals surface area contributed by atoms with E-state index in [1.807, 2.05) is 13.8 Å². The van der Waals surface area contributed by atoms with Gasteiger partial charge in [-0.3, -0.25) is 0 Å². The van der Waals surface area contributed by atoms with Crippen LogP contribution in [-0.2, 0) is 4.74 Å². The first-order chi connectivity index (χ1) is 7.08. The maximum atomic E-state index is 5.60. The number of aromatic nitrogens is 3. The van der Waals surface area contributed by atoms with Gasteiger partial charge in [-0.05, 0) is 37.0 Å². The summed E-state index contributed by atoms with van der Waals surface area (Å²) in [6.45, 7) is 5.10. The predicted molar refractivity (Wildman–Crippen MR) is 59.4 cm³/mol. The summed E-state index contributed by atoms with van der Waals surface area (Å²) in [5, 5.41) is 3.07. The fourth-order valence-corrected chi connectivity index (χ4v) is 1.23. The van der Waals surface area contributed by atoms with E-state index in [2.05, 4.69) is 20.3 Å². The molecule has 1 aromatic rings. The topological polar surface area (TPSA) is 59.9 Å². The van der Waals surface area contributed by atoms with E-state index in [9.17, 15) is 0 Å². The molecule has 0 aromatic carbocycles. The highest BCUT2D eigenvalue weighted by Gasteiger charge is 2.02. The molecule has 84 valence electrons. The third-order valence-electron chi connectivity index (χ3n) is 1.42. The molecule has 15 heavy (non-hydrogen) atoms. The zero-order chi connectivity index (χ0) is 11.3. The zero-order valence-corrected chi connectivity index (χ0v) is 10.0. The van der Waals surface area contributed by atoms with Gasteiger partial charge in [0, 0.05) is 6.54 Å². The van der Waals surface area contributed by atoms with Gasteiger partial charge in [-0.25, -0.2) is 0 Å². The Kier molecular flexibility index (Phi) is 5.01. The van der Waals surface area contributed by atoms with E-state index < -0.39 is 0 Å². The van der Waals surface area contributed by atoms with Crippen molar-refractivity contribution in [1.29, 1.82) is 0 Å². The van der Waals surface area contributed by atoms with Crippen LogP contribution in [0.5, 0.6) is 0 Å². The molecule has 0 saturated heterocycles. The second-order valence-electron chi connectivity index (χ2n) is 3.04. The third kappa shape index (κ3) is 5.11. The van der Waals surface area contributed by atoms with Crippen molar-refractivity contribution in [3.8, 4) is 0 Å². The molecular formula is C8H12Cl2N4O. The number of nitrogens with zero attached hydrogens (tertiary/aromatic N) is 3. The van der Waals surface area contributed by atoms with Gasteiger partial charge >= 0.3 is 0 Å². The Morgan fingerprint density at radius 1 is 1.20 bits per heavy atom. The van der Waals surface area contributed by atoms with Crippen LogP contribution in [0.2, 0.25) is 10.6 Å². The molecule has 0 radical (unpaired) electrons. The molecule has 0 unspecified atom stereocenters. The number of anilines is 1. The summed E-state index contributed by atoms with van der Waals surface area (Å²) >= 11 is 11.2. The standard InChI is InChI=1S/C8H12Cl2N4O/c1-5(2)15-4-3-11-8-13-6(9)12-7(10)14-8/h5H,3-4H2,1-2H3,(H,11,12,13,14). The third-order valence-corrected chi connectivity index (χ3v) is 1.76. The lowest BCUT2D eigenvalue weighted by Crippen LogP contribution is -2.14. The second-order valence-corrected chi connectivity index (χ2v) is 3.72. The lowest BCUT2D eigenvalue weighted by Gasteiger charge is -2.08. The van der Waals surface area contributed by atoms with Crippen molar-refractivity contribution in [2.45, 2.75) is 20.0 Å². The van der Waals surface area contributed by atoms with Crippen LogP contribution in [0.25, 0.3) is 0 Å². The first kappa shape index (κ1) is 12.4. The molecule has 0 aliphatic heterocycles. The van der Waals surface area contributed by atoms with E-state index in [1.54, 1.807) is 0 Å². The average Bonchev–Trinajstić information content (AvgIpc) is 2.10. The van der Waals surface area contributed by atoms with E-state index in [0.29, 0.717) is 19.1 Å². The summed E-state index contributed by atoms with van der Waals surface area (Å²) in [6.07, 6.45) is 0.206. The largest absolute Gasteiger partial charge is 0.377 e. The molecule has 1 heterocycles. The lowest BCUT2D eigenvalue weighted by atomic mass is 10.5. The summed E-state index contributed by atoms with van der Waals surface area (Å²) < 4.78 is 5.32. The smallest absolute Gasteiger partial charge is 0.228 e. The Morgan fingerprint density at radius 3 is 2.33 bits per heavy atom. The molecular weight excluding hydrogens is 239 g/mol. The highest BCUT2D eigenvalue weighted by molar-refractivity contribution is 6.31. The van der Waals surface area contributed by atoms with E-state index in [0.717, 1.165) is 0 Å². The van der Waals surface area contributed by atoms with Crippen LogP contribution < -0.4 is 5.32 Å². The Morgan fingerprint density at radius 2 is 1.80 bits per heavy atom. The highest BCUT2D eigenvalue weighted by Crippen LogP contribution is 2.08. The lowest BCUT2D eigenvalue weighted by molar-refractivity contribution is 0.0870. The van der Waals surface area contributed by atoms with Crippen LogP contribution in [0.15, 0.2) is 0 Å². The fraction of sp³-hybridized carbons (Fsp3) is 0.625. The molecule has 0 aliphatic rings. The van der Waals surface area contributed by atoms with Crippen LogP contribution in [-0.4, -0.2) is 34.2 Å². The molecule has 0 bridgehead atoms. The fourth-order valence-electron chi connectivity index (χ4n) is 0.862. The van der Waals surface area contributed by atoms with Gasteiger partial charge in [-0.1, -0.05) is 0 Å². The average molecular weight is 251 g/mol. The number of nitrogens with one attached hydrogen (secondary N) is 1. The minimum Gasteiger partial charge on any atom is -0.377 e. The van der Waals surface area contributed by atoms with Gasteiger partial charge in [0.2, 0.25) is 16.5 Å². The molecule has 0 amide bonds. The molecule has 0 fully saturated rings. The summed E-state index contributed by atoms with van der Waals surface area (Å²) in [5.41, 5.74) is 0. The minimum absolute atomic E-state index is 0.0716. The van der Waals surface area contributed by atoms with Crippen molar-refractivity contribution in [3.63, 3.8) is 0 Å². The highest BCUT2D eigenvalue weighted by atomic mass is 35.5. The first-order valence-electron chi connectivity index (χ1n) is 4.50. The van der Waals surface area contributed by atoms with Crippen LogP contribution in [0.4, 0.5) is 5.95 Å². The number of ether oxygens (including phenoxy) is 1. The Balaban J connectivity index is 2.37. The van der Waals surface area contributed by atoms with Crippen molar-refractivity contribution in [2.24, 2.45) is 0 Å². The van der Waals surface area contributed by atoms with Crippen molar-refractivity contribution in [3.05, 3.63) is 10.6 Å². The van der Waals surface area contributed by atoms with Gasteiger partial charge in [0.1, 0.15) is 0 Å². The van der Waals surface area contributed by atoms with Crippen LogP contribution >= 0.6 is 23.2 Å². The number of rotatable bonds is 5. The van der Waals surface area contributed by atoms with Crippen molar-refractivity contribution in [2.75, 3.05) is 18.5 Å². The predicted octanol–water partition coefficient (Wildman–Crippen LogP) is 2.02. The molecule has 1 N–H and O–H groups in total. The maximum Gasteiger partial charge on any atom is 0.228 e. The van der Waals surface area contributed by atoms with Crippen LogP contribution in [0.3, 0.4) is 0 Å². The van der Waals surface area contributed by atoms with Gasteiger partial charge in [0.15, 0.2) is 0 Å². The van der Waals surface area contributed by atoms with Crippen molar-refractivity contribution in [1.82, 2.24) is 15.0 Å². The van der Waals surface area contributed by atoms with E-state index in [4.69, 9.17) is 27.9 Å². The minimum atomic E-state index is 0.0716. The molecule has 0 atom stereocenters. The molecule has 1 aromatic heterocycles. The molecule has 0 spiro atoms. The van der Waals surface area contributed by atoms with Crippen molar-refractivity contribution < 1.29 is 4.74 Å². The van der Waals surface area contributed by atoms with Crippen LogP contribution in [0, 0.1) is 0 Å². The van der Waals surface area contributed by atoms with E-state index >= 15 is 0 Å². The number of hydrogen-bond donors (Lipinski definition) is 1. The van der Waals surface area contributed by atoms with Gasteiger partial charge in [0.05, 0.1) is 12.7 Å². The summed E-state index contributed by atoms with van der Waals surface area (Å²) in [6, 6.07) is 0. The van der Waals surface area contributed by atoms with Crippen molar-refractivity contribution >= 4 is 29.2 Å². The molecule has 5 nitrogen and oxygen atoms in total. The summed E-state index contributed by atoms with van der Waals surface area (Å²) in [5.74, 6) is 0.354. The van der Waals surface area contributed by atoms with Gasteiger partial charge in [-0.15, -0.1) is 0 Å². The van der Waals surface area contributed by atoms with E-state index in [-0.39, 0.29) is 16.7 Å². The van der Waals surface area contributed by atoms with Gasteiger partial charge in [0.25, 0.3) is 0 Å².